The summed E-state index contributed by atoms with van der Waals surface area (Å²) in [6, 6.07) is 12.9. The molecule has 0 spiro atoms. The van der Waals surface area contributed by atoms with Gasteiger partial charge in [-0.1, -0.05) is 0 Å². The first-order valence-electron chi connectivity index (χ1n) is 15.8. The first-order valence-corrected chi connectivity index (χ1v) is 15.8. The van der Waals surface area contributed by atoms with E-state index in [1.165, 1.54) is 25.4 Å². The average molecular weight is 665 g/mol. The van der Waals surface area contributed by atoms with Crippen molar-refractivity contribution in [3.63, 3.8) is 0 Å². The first kappa shape index (κ1) is 33.3. The number of anilines is 3. The molecule has 0 saturated carbocycles. The molecule has 3 aromatic rings. The molecule has 13 nitrogen and oxygen atoms in total. The number of aromatic nitrogens is 3. The van der Waals surface area contributed by atoms with E-state index < -0.39 is 30.6 Å². The molecular formula is C33H38F2N8O5. The Morgan fingerprint density at radius 2 is 1.98 bits per heavy atom. The van der Waals surface area contributed by atoms with Gasteiger partial charge in [0.1, 0.15) is 41.6 Å². The van der Waals surface area contributed by atoms with Gasteiger partial charge in [-0.05, 0) is 44.2 Å². The molecular weight excluding hydrogens is 626 g/mol. The van der Waals surface area contributed by atoms with Crippen LogP contribution in [0.1, 0.15) is 25.8 Å². The standard InChI is InChI=1S/C33H38F2N8O5/c1-20-15-41(24-16-47-17-24)10-11-43(20)26-5-7-29(40-31(26)46-3)39-30-13-25(37-19-38-30)22-4-6-27(23(12-22)14-36)48-28-8-9-42(18-33(28,34)35)32(45)21(2)44/h4-7,12-13,19-21,24,28,44H,8-11,15-18H2,1-3H3,(H,37,38,39,40)/t20-,21-,28+/m0/s1. The molecule has 0 radical (unpaired) electrons. The summed E-state index contributed by atoms with van der Waals surface area (Å²) in [4.78, 5) is 31.1. The fraction of sp³-hybridized carbons (Fsp3) is 0.485. The van der Waals surface area contributed by atoms with E-state index >= 15 is 0 Å². The Labute approximate surface area is 277 Å². The van der Waals surface area contributed by atoms with Crippen molar-refractivity contribution in [1.29, 1.82) is 5.26 Å². The number of nitrogens with one attached hydrogen (secondary N) is 1. The largest absolute Gasteiger partial charge is 0.483 e. The molecule has 3 aliphatic rings. The van der Waals surface area contributed by atoms with Crippen LogP contribution in [0.15, 0.2) is 42.7 Å². The number of nitrogens with zero attached hydrogens (tertiary/aromatic N) is 7. The zero-order valence-electron chi connectivity index (χ0n) is 27.0. The normalized spacial score (nSPS) is 21.9. The number of ether oxygens (including phenoxy) is 3. The average Bonchev–Trinajstić information content (AvgIpc) is 3.04. The second kappa shape index (κ2) is 13.8. The molecule has 3 fully saturated rings. The summed E-state index contributed by atoms with van der Waals surface area (Å²) in [5.74, 6) is -2.69. The molecule has 3 atom stereocenters. The lowest BCUT2D eigenvalue weighted by Gasteiger charge is -2.46. The summed E-state index contributed by atoms with van der Waals surface area (Å²) < 4.78 is 46.6. The second-order valence-corrected chi connectivity index (χ2v) is 12.3. The van der Waals surface area contributed by atoms with E-state index in [0.717, 1.165) is 43.4 Å². The molecule has 254 valence electrons. The van der Waals surface area contributed by atoms with E-state index in [1.807, 2.05) is 18.2 Å². The van der Waals surface area contributed by atoms with Gasteiger partial charge in [0.15, 0.2) is 6.10 Å². The van der Waals surface area contributed by atoms with Gasteiger partial charge in [-0.25, -0.2) is 18.7 Å². The molecule has 0 aliphatic carbocycles. The highest BCUT2D eigenvalue weighted by Gasteiger charge is 2.48. The maximum absolute atomic E-state index is 14.9. The number of carbonyl (C=O) groups is 1. The lowest BCUT2D eigenvalue weighted by molar-refractivity contribution is -0.165. The number of aliphatic hydroxyl groups excluding tert-OH is 1. The van der Waals surface area contributed by atoms with Crippen molar-refractivity contribution < 1.29 is 32.9 Å². The Balaban J connectivity index is 1.13. The SMILES string of the molecule is COc1nc(Nc2cc(-c3ccc(O[C@@H]4CCN(C(=O)[C@H](C)O)CC4(F)F)c(C#N)c3)ncn2)ccc1N1CCN(C2COC2)C[C@@H]1C. The number of rotatable bonds is 9. The number of halogens is 2. The number of nitriles is 1. The van der Waals surface area contributed by atoms with Crippen LogP contribution in [0.3, 0.4) is 0 Å². The topological polar surface area (TPSA) is 149 Å². The van der Waals surface area contributed by atoms with E-state index in [0.29, 0.717) is 34.8 Å². The number of benzene rings is 1. The second-order valence-electron chi connectivity index (χ2n) is 12.3. The fourth-order valence-corrected chi connectivity index (χ4v) is 6.25. The van der Waals surface area contributed by atoms with Crippen molar-refractivity contribution in [2.24, 2.45) is 0 Å². The van der Waals surface area contributed by atoms with Gasteiger partial charge in [0.25, 0.3) is 5.91 Å². The van der Waals surface area contributed by atoms with E-state index in [4.69, 9.17) is 14.2 Å². The number of alkyl halides is 2. The molecule has 2 aromatic heterocycles. The molecule has 6 rings (SSSR count). The minimum absolute atomic E-state index is 0.00203. The van der Waals surface area contributed by atoms with Crippen molar-refractivity contribution in [2.45, 2.75) is 50.5 Å². The maximum Gasteiger partial charge on any atom is 0.301 e. The number of pyridine rings is 1. The Hall–Kier alpha value is -4.65. The van der Waals surface area contributed by atoms with Crippen molar-refractivity contribution in [3.05, 3.63) is 48.3 Å². The summed E-state index contributed by atoms with van der Waals surface area (Å²) in [6.07, 6.45) is -1.71. The Bertz CT molecular complexity index is 1680. The smallest absolute Gasteiger partial charge is 0.301 e. The Kier molecular flexibility index (Phi) is 9.58. The number of piperazine rings is 1. The fourth-order valence-electron chi connectivity index (χ4n) is 6.25. The number of piperidine rings is 1. The molecule has 0 unspecified atom stereocenters. The van der Waals surface area contributed by atoms with Crippen molar-refractivity contribution in [2.75, 3.05) is 63.3 Å². The predicted molar refractivity (Wildman–Crippen MR) is 171 cm³/mol. The number of aliphatic hydroxyl groups is 1. The molecule has 3 saturated heterocycles. The number of carbonyl (C=O) groups excluding carboxylic acids is 1. The summed E-state index contributed by atoms with van der Waals surface area (Å²) in [7, 11) is 1.59. The highest BCUT2D eigenvalue weighted by atomic mass is 19.3. The Morgan fingerprint density at radius 1 is 1.17 bits per heavy atom. The predicted octanol–water partition coefficient (Wildman–Crippen LogP) is 3.07. The molecule has 0 bridgehead atoms. The lowest BCUT2D eigenvalue weighted by atomic mass is 10.0. The van der Waals surface area contributed by atoms with Gasteiger partial charge in [-0.2, -0.15) is 10.2 Å². The molecule has 48 heavy (non-hydrogen) atoms. The molecule has 3 aliphatic heterocycles. The van der Waals surface area contributed by atoms with Gasteiger partial charge in [0.05, 0.1) is 44.2 Å². The van der Waals surface area contributed by atoms with Crippen LogP contribution in [-0.4, -0.2) is 119 Å². The van der Waals surface area contributed by atoms with E-state index in [9.17, 15) is 23.9 Å². The molecule has 15 heteroatoms. The number of hydrogen-bond donors (Lipinski definition) is 2. The Morgan fingerprint density at radius 3 is 2.65 bits per heavy atom. The third kappa shape index (κ3) is 6.96. The molecule has 1 amide bonds. The minimum atomic E-state index is -3.38. The molecule has 2 N–H and O–H groups in total. The maximum atomic E-state index is 14.9. The van der Waals surface area contributed by atoms with E-state index in [1.54, 1.807) is 19.2 Å². The van der Waals surface area contributed by atoms with E-state index in [2.05, 4.69) is 37.0 Å². The number of likely N-dealkylation sites (tertiary alicyclic amines) is 1. The van der Waals surface area contributed by atoms with Gasteiger partial charge in [0, 0.05) is 50.3 Å². The van der Waals surface area contributed by atoms with Gasteiger partial charge in [-0.3, -0.25) is 9.69 Å². The highest BCUT2D eigenvalue weighted by Crippen LogP contribution is 2.35. The van der Waals surface area contributed by atoms with Crippen molar-refractivity contribution in [1.82, 2.24) is 24.8 Å². The quantitative estimate of drug-likeness (QED) is 0.346. The number of hydrogen-bond acceptors (Lipinski definition) is 12. The molecule has 5 heterocycles. The molecule has 1 aromatic carbocycles. The van der Waals surface area contributed by atoms with Crippen LogP contribution in [0.4, 0.5) is 26.1 Å². The number of methoxy groups -OCH3 is 1. The summed E-state index contributed by atoms with van der Waals surface area (Å²) in [5, 5.41) is 22.5. The van der Waals surface area contributed by atoms with Gasteiger partial charge in [-0.15, -0.1) is 0 Å². The van der Waals surface area contributed by atoms with Gasteiger partial charge in [0.2, 0.25) is 5.88 Å². The van der Waals surface area contributed by atoms with Gasteiger partial charge < -0.3 is 34.4 Å². The summed E-state index contributed by atoms with van der Waals surface area (Å²) in [5.41, 5.74) is 2.00. The lowest BCUT2D eigenvalue weighted by Crippen LogP contribution is -2.59. The summed E-state index contributed by atoms with van der Waals surface area (Å²) in [6.45, 7) is 6.84. The van der Waals surface area contributed by atoms with Crippen LogP contribution in [0.5, 0.6) is 11.6 Å². The van der Waals surface area contributed by atoms with Crippen molar-refractivity contribution in [3.8, 4) is 29.0 Å². The van der Waals surface area contributed by atoms with E-state index in [-0.39, 0.29) is 30.3 Å². The van der Waals surface area contributed by atoms with Crippen LogP contribution in [0.2, 0.25) is 0 Å². The number of amides is 1. The zero-order valence-corrected chi connectivity index (χ0v) is 27.0. The van der Waals surface area contributed by atoms with Crippen LogP contribution in [0, 0.1) is 11.3 Å². The van der Waals surface area contributed by atoms with Crippen LogP contribution < -0.4 is 19.7 Å². The minimum Gasteiger partial charge on any atom is -0.483 e. The van der Waals surface area contributed by atoms with Crippen LogP contribution >= 0.6 is 0 Å². The third-order valence-corrected chi connectivity index (χ3v) is 8.93. The monoisotopic (exact) mass is 664 g/mol. The van der Waals surface area contributed by atoms with Crippen molar-refractivity contribution >= 4 is 23.2 Å². The summed E-state index contributed by atoms with van der Waals surface area (Å²) >= 11 is 0. The van der Waals surface area contributed by atoms with Crippen LogP contribution in [0.25, 0.3) is 11.3 Å². The third-order valence-electron chi connectivity index (χ3n) is 8.93. The van der Waals surface area contributed by atoms with Gasteiger partial charge >= 0.3 is 5.92 Å². The zero-order chi connectivity index (χ0) is 34.0. The highest BCUT2D eigenvalue weighted by molar-refractivity contribution is 5.80. The first-order chi connectivity index (χ1) is 23.1. The van der Waals surface area contributed by atoms with Crippen LogP contribution in [-0.2, 0) is 9.53 Å².